The van der Waals surface area contributed by atoms with Crippen LogP contribution in [0.2, 0.25) is 0 Å². The highest BCUT2D eigenvalue weighted by Crippen LogP contribution is 2.17. The molecule has 1 unspecified atom stereocenters. The van der Waals surface area contributed by atoms with Crippen LogP contribution in [0.15, 0.2) is 0 Å². The van der Waals surface area contributed by atoms with E-state index in [1.807, 2.05) is 27.7 Å². The molecule has 6 heteroatoms. The van der Waals surface area contributed by atoms with Crippen molar-refractivity contribution in [2.24, 2.45) is 5.92 Å². The number of nitrogens with one attached hydrogen (secondary N) is 2. The molecular formula is C12H22N4O2. The van der Waals surface area contributed by atoms with E-state index < -0.39 is 0 Å². The van der Waals surface area contributed by atoms with Crippen molar-refractivity contribution < 1.29 is 9.90 Å². The van der Waals surface area contributed by atoms with E-state index in [9.17, 15) is 4.79 Å². The van der Waals surface area contributed by atoms with Crippen LogP contribution in [0.3, 0.4) is 0 Å². The van der Waals surface area contributed by atoms with E-state index in [1.54, 1.807) is 0 Å². The molecule has 1 atom stereocenters. The number of carbonyl (C=O) groups excluding carboxylic acids is 1. The van der Waals surface area contributed by atoms with Gasteiger partial charge < -0.3 is 10.4 Å². The molecule has 3 N–H and O–H groups in total. The summed E-state index contributed by atoms with van der Waals surface area (Å²) in [4.78, 5) is 16.0. The van der Waals surface area contributed by atoms with Crippen LogP contribution < -0.4 is 5.32 Å². The summed E-state index contributed by atoms with van der Waals surface area (Å²) in [5.74, 6) is 0.804. The zero-order valence-corrected chi connectivity index (χ0v) is 11.4. The Morgan fingerprint density at radius 1 is 1.50 bits per heavy atom. The third-order valence-corrected chi connectivity index (χ3v) is 2.63. The molecule has 1 aromatic rings. The van der Waals surface area contributed by atoms with Crippen LogP contribution in [-0.2, 0) is 5.41 Å². The quantitative estimate of drug-likeness (QED) is 0.726. The Kier molecular flexibility index (Phi) is 4.84. The van der Waals surface area contributed by atoms with Crippen molar-refractivity contribution in [3.05, 3.63) is 11.6 Å². The van der Waals surface area contributed by atoms with E-state index in [0.29, 0.717) is 18.8 Å². The Labute approximate surface area is 107 Å². The summed E-state index contributed by atoms with van der Waals surface area (Å²) in [6.07, 6.45) is 0.668. The smallest absolute Gasteiger partial charge is 0.290 e. The molecule has 0 spiro atoms. The summed E-state index contributed by atoms with van der Waals surface area (Å²) < 4.78 is 0. The number of hydrogen-bond acceptors (Lipinski definition) is 4. The topological polar surface area (TPSA) is 90.9 Å². The van der Waals surface area contributed by atoms with Gasteiger partial charge in [0.15, 0.2) is 0 Å². The van der Waals surface area contributed by atoms with Gasteiger partial charge in [-0.1, -0.05) is 27.7 Å². The predicted octanol–water partition coefficient (Wildman–Crippen LogP) is 0.850. The highest BCUT2D eigenvalue weighted by atomic mass is 16.3. The van der Waals surface area contributed by atoms with E-state index in [1.165, 1.54) is 0 Å². The molecule has 0 radical (unpaired) electrons. The van der Waals surface area contributed by atoms with Crippen molar-refractivity contribution in [2.75, 3.05) is 13.2 Å². The maximum atomic E-state index is 11.8. The van der Waals surface area contributed by atoms with Crippen LogP contribution in [0.5, 0.6) is 0 Å². The van der Waals surface area contributed by atoms with E-state index >= 15 is 0 Å². The first-order valence-corrected chi connectivity index (χ1v) is 6.16. The molecule has 102 valence electrons. The second-order valence-electron chi connectivity index (χ2n) is 5.59. The van der Waals surface area contributed by atoms with Gasteiger partial charge in [-0.2, -0.15) is 0 Å². The standard InChI is InChI=1S/C12H22N4O2/c1-8(5-6-17)7-13-10(18)9-14-11(16-15-9)12(2,3)4/h8,17H,5-7H2,1-4H3,(H,13,18)(H,14,15,16). The van der Waals surface area contributed by atoms with Gasteiger partial charge in [0.25, 0.3) is 5.91 Å². The number of aromatic amines is 1. The van der Waals surface area contributed by atoms with Crippen molar-refractivity contribution in [2.45, 2.75) is 39.5 Å². The molecule has 0 aliphatic heterocycles. The average molecular weight is 254 g/mol. The summed E-state index contributed by atoms with van der Waals surface area (Å²) in [5, 5.41) is 18.2. The lowest BCUT2D eigenvalue weighted by molar-refractivity contribution is 0.0935. The van der Waals surface area contributed by atoms with Gasteiger partial charge in [-0.05, 0) is 12.3 Å². The Morgan fingerprint density at radius 3 is 2.67 bits per heavy atom. The molecule has 1 heterocycles. The normalized spacial score (nSPS) is 13.4. The summed E-state index contributed by atoms with van der Waals surface area (Å²) in [6, 6.07) is 0. The molecule has 0 aliphatic rings. The first-order chi connectivity index (χ1) is 8.34. The number of aromatic nitrogens is 3. The van der Waals surface area contributed by atoms with E-state index in [-0.39, 0.29) is 29.7 Å². The Balaban J connectivity index is 2.55. The highest BCUT2D eigenvalue weighted by molar-refractivity contribution is 5.90. The first kappa shape index (κ1) is 14.6. The fraction of sp³-hybridized carbons (Fsp3) is 0.750. The van der Waals surface area contributed by atoms with Gasteiger partial charge in [-0.15, -0.1) is 5.10 Å². The van der Waals surface area contributed by atoms with Gasteiger partial charge in [-0.3, -0.25) is 9.89 Å². The summed E-state index contributed by atoms with van der Waals surface area (Å²) >= 11 is 0. The lowest BCUT2D eigenvalue weighted by atomic mass is 9.96. The van der Waals surface area contributed by atoms with Gasteiger partial charge in [0, 0.05) is 18.6 Å². The molecule has 18 heavy (non-hydrogen) atoms. The molecule has 0 bridgehead atoms. The molecule has 0 aliphatic carbocycles. The van der Waals surface area contributed by atoms with Crippen LogP contribution in [0.1, 0.15) is 50.6 Å². The maximum Gasteiger partial charge on any atom is 0.290 e. The summed E-state index contributed by atoms with van der Waals surface area (Å²) in [7, 11) is 0. The molecule has 1 rings (SSSR count). The molecular weight excluding hydrogens is 232 g/mol. The monoisotopic (exact) mass is 254 g/mol. The number of aliphatic hydroxyl groups excluding tert-OH is 1. The van der Waals surface area contributed by atoms with Gasteiger partial charge in [-0.25, -0.2) is 4.98 Å². The third-order valence-electron chi connectivity index (χ3n) is 2.63. The van der Waals surface area contributed by atoms with Crippen molar-refractivity contribution in [1.82, 2.24) is 20.5 Å². The third kappa shape index (κ3) is 4.10. The van der Waals surface area contributed by atoms with Gasteiger partial charge in [0.1, 0.15) is 5.82 Å². The molecule has 0 saturated carbocycles. The van der Waals surface area contributed by atoms with Crippen molar-refractivity contribution in [3.63, 3.8) is 0 Å². The Hall–Kier alpha value is -1.43. The Morgan fingerprint density at radius 2 is 2.17 bits per heavy atom. The van der Waals surface area contributed by atoms with Crippen LogP contribution >= 0.6 is 0 Å². The number of rotatable bonds is 5. The molecule has 1 amide bonds. The predicted molar refractivity (Wildman–Crippen MR) is 68.3 cm³/mol. The SMILES string of the molecule is CC(CCO)CNC(=O)c1n[nH]c(C(C)(C)C)n1. The van der Waals surface area contributed by atoms with Gasteiger partial charge >= 0.3 is 0 Å². The Bertz CT molecular complexity index is 395. The van der Waals surface area contributed by atoms with Gasteiger partial charge in [0.05, 0.1) is 0 Å². The molecule has 6 nitrogen and oxygen atoms in total. The molecule has 0 aromatic carbocycles. The van der Waals surface area contributed by atoms with Crippen LogP contribution in [0.4, 0.5) is 0 Å². The second-order valence-corrected chi connectivity index (χ2v) is 5.59. The fourth-order valence-corrected chi connectivity index (χ4v) is 1.37. The van der Waals surface area contributed by atoms with E-state index in [4.69, 9.17) is 5.11 Å². The summed E-state index contributed by atoms with van der Waals surface area (Å²) in [6.45, 7) is 8.61. The van der Waals surface area contributed by atoms with Crippen molar-refractivity contribution in [3.8, 4) is 0 Å². The maximum absolute atomic E-state index is 11.8. The number of nitrogens with zero attached hydrogens (tertiary/aromatic N) is 2. The lowest BCUT2D eigenvalue weighted by Crippen LogP contribution is -2.29. The largest absolute Gasteiger partial charge is 0.396 e. The first-order valence-electron chi connectivity index (χ1n) is 6.16. The van der Waals surface area contributed by atoms with E-state index in [2.05, 4.69) is 20.5 Å². The number of amides is 1. The minimum atomic E-state index is -0.286. The molecule has 0 fully saturated rings. The number of H-pyrrole nitrogens is 1. The van der Waals surface area contributed by atoms with Crippen molar-refractivity contribution >= 4 is 5.91 Å². The molecule has 1 aromatic heterocycles. The fourth-order valence-electron chi connectivity index (χ4n) is 1.37. The summed E-state index contributed by atoms with van der Waals surface area (Å²) in [5.41, 5.74) is -0.157. The number of hydrogen-bond donors (Lipinski definition) is 3. The average Bonchev–Trinajstić information content (AvgIpc) is 2.75. The van der Waals surface area contributed by atoms with Gasteiger partial charge in [0.2, 0.25) is 5.82 Å². The number of aliphatic hydroxyl groups is 1. The van der Waals surface area contributed by atoms with Crippen molar-refractivity contribution in [1.29, 1.82) is 0 Å². The van der Waals surface area contributed by atoms with Crippen LogP contribution in [-0.4, -0.2) is 39.3 Å². The molecule has 0 saturated heterocycles. The minimum absolute atomic E-state index is 0.131. The second kappa shape index (κ2) is 5.95. The minimum Gasteiger partial charge on any atom is -0.396 e. The zero-order valence-electron chi connectivity index (χ0n) is 11.4. The van der Waals surface area contributed by atoms with Crippen LogP contribution in [0, 0.1) is 5.92 Å². The number of carbonyl (C=O) groups is 1. The van der Waals surface area contributed by atoms with Crippen LogP contribution in [0.25, 0.3) is 0 Å². The highest BCUT2D eigenvalue weighted by Gasteiger charge is 2.21. The van der Waals surface area contributed by atoms with E-state index in [0.717, 1.165) is 0 Å². The lowest BCUT2D eigenvalue weighted by Gasteiger charge is -2.13. The zero-order chi connectivity index (χ0) is 13.8.